The molecule has 0 radical (unpaired) electrons. The van der Waals surface area contributed by atoms with Crippen molar-refractivity contribution in [1.29, 1.82) is 0 Å². The van der Waals surface area contributed by atoms with Gasteiger partial charge in [-0.05, 0) is 26.7 Å². The van der Waals surface area contributed by atoms with Crippen LogP contribution in [-0.4, -0.2) is 61.1 Å². The summed E-state index contributed by atoms with van der Waals surface area (Å²) < 4.78 is 4.90. The third kappa shape index (κ3) is 8.13. The monoisotopic (exact) mass is 429 g/mol. The highest BCUT2D eigenvalue weighted by molar-refractivity contribution is 14.0. The number of carbonyl (C=O) groups is 1. The second-order valence-corrected chi connectivity index (χ2v) is 7.34. The van der Waals surface area contributed by atoms with Crippen LogP contribution in [0.25, 0.3) is 0 Å². The Bertz CT molecular complexity index is 351. The molecule has 0 saturated carbocycles. The van der Waals surface area contributed by atoms with Crippen LogP contribution in [0.5, 0.6) is 0 Å². The summed E-state index contributed by atoms with van der Waals surface area (Å²) >= 11 is 2.01. The zero-order valence-electron chi connectivity index (χ0n) is 13.5. The van der Waals surface area contributed by atoms with E-state index in [9.17, 15) is 4.79 Å². The molecule has 21 heavy (non-hydrogen) atoms. The molecule has 0 aliphatic carbocycles. The summed E-state index contributed by atoms with van der Waals surface area (Å²) in [7, 11) is 3.25. The molecule has 5 nitrogen and oxygen atoms in total. The number of thioether (sulfide) groups is 1. The summed E-state index contributed by atoms with van der Waals surface area (Å²) in [5.41, 5.74) is 0. The average Bonchev–Trinajstić information content (AvgIpc) is 2.41. The number of ether oxygens (including phenoxy) is 1. The molecular formula is C14H28IN3O2S. The number of unbranched alkanes of at least 4 members (excludes halogenated alkanes) is 1. The Hall–Kier alpha value is -0.180. The molecule has 0 unspecified atom stereocenters. The Morgan fingerprint density at radius 3 is 2.71 bits per heavy atom. The van der Waals surface area contributed by atoms with Gasteiger partial charge >= 0.3 is 5.97 Å². The van der Waals surface area contributed by atoms with E-state index < -0.39 is 0 Å². The van der Waals surface area contributed by atoms with Crippen molar-refractivity contribution in [2.24, 2.45) is 4.99 Å². The van der Waals surface area contributed by atoms with Crippen LogP contribution in [0.1, 0.15) is 33.1 Å². The fourth-order valence-electron chi connectivity index (χ4n) is 2.23. The summed E-state index contributed by atoms with van der Waals surface area (Å²) in [5, 5.41) is 3.38. The number of methoxy groups -OCH3 is 1. The molecule has 0 spiro atoms. The molecule has 0 atom stereocenters. The van der Waals surface area contributed by atoms with Gasteiger partial charge in [0, 0.05) is 43.6 Å². The average molecular weight is 429 g/mol. The van der Waals surface area contributed by atoms with E-state index >= 15 is 0 Å². The molecule has 7 heteroatoms. The molecule has 1 fully saturated rings. The van der Waals surface area contributed by atoms with Gasteiger partial charge in [-0.15, -0.1) is 24.0 Å². The highest BCUT2D eigenvalue weighted by Crippen LogP contribution is 2.29. The molecule has 0 aromatic rings. The van der Waals surface area contributed by atoms with Crippen molar-refractivity contribution >= 4 is 47.7 Å². The van der Waals surface area contributed by atoms with E-state index in [1.807, 2.05) is 18.8 Å². The number of nitrogens with zero attached hydrogens (tertiary/aromatic N) is 2. The van der Waals surface area contributed by atoms with Gasteiger partial charge in [0.1, 0.15) is 0 Å². The lowest BCUT2D eigenvalue weighted by atomic mass is 10.2. The molecule has 0 amide bonds. The van der Waals surface area contributed by atoms with Gasteiger partial charge in [0.2, 0.25) is 0 Å². The molecule has 0 aromatic heterocycles. The Labute approximate surface area is 149 Å². The summed E-state index contributed by atoms with van der Waals surface area (Å²) in [5.74, 6) is 1.97. The lowest BCUT2D eigenvalue weighted by molar-refractivity contribution is -0.140. The van der Waals surface area contributed by atoms with Gasteiger partial charge in [0.15, 0.2) is 5.96 Å². The second kappa shape index (κ2) is 10.5. The molecule has 1 aliphatic heterocycles. The first kappa shape index (κ1) is 20.8. The largest absolute Gasteiger partial charge is 0.469 e. The first-order chi connectivity index (χ1) is 9.48. The van der Waals surface area contributed by atoms with Crippen molar-refractivity contribution in [2.75, 3.05) is 39.5 Å². The lowest BCUT2D eigenvalue weighted by Gasteiger charge is -2.39. The van der Waals surface area contributed by atoms with Crippen LogP contribution in [0.15, 0.2) is 4.99 Å². The second-order valence-electron chi connectivity index (χ2n) is 5.54. The predicted octanol–water partition coefficient (Wildman–Crippen LogP) is 2.35. The van der Waals surface area contributed by atoms with Crippen molar-refractivity contribution in [3.8, 4) is 0 Å². The molecular weight excluding hydrogens is 401 g/mol. The van der Waals surface area contributed by atoms with Crippen molar-refractivity contribution in [3.05, 3.63) is 0 Å². The topological polar surface area (TPSA) is 53.9 Å². The maximum Gasteiger partial charge on any atom is 0.305 e. The summed E-state index contributed by atoms with van der Waals surface area (Å²) in [6, 6.07) is 0. The predicted molar refractivity (Wildman–Crippen MR) is 101 cm³/mol. The minimum absolute atomic E-state index is 0. The number of hydrogen-bond acceptors (Lipinski definition) is 4. The van der Waals surface area contributed by atoms with Crippen LogP contribution in [-0.2, 0) is 9.53 Å². The first-order valence-electron chi connectivity index (χ1n) is 7.15. The van der Waals surface area contributed by atoms with Crippen LogP contribution < -0.4 is 5.32 Å². The van der Waals surface area contributed by atoms with Gasteiger partial charge in [0.05, 0.1) is 7.11 Å². The Balaban J connectivity index is 0.00000400. The number of carbonyl (C=O) groups excluding carboxylic acids is 1. The molecule has 124 valence electrons. The number of esters is 1. The molecule has 1 heterocycles. The fraction of sp³-hybridized carbons (Fsp3) is 0.857. The summed E-state index contributed by atoms with van der Waals surface area (Å²) in [6.07, 6.45) is 2.28. The van der Waals surface area contributed by atoms with Crippen molar-refractivity contribution < 1.29 is 9.53 Å². The number of rotatable bonds is 5. The Kier molecular flexibility index (Phi) is 10.4. The summed E-state index contributed by atoms with van der Waals surface area (Å²) in [4.78, 5) is 17.7. The zero-order valence-corrected chi connectivity index (χ0v) is 16.6. The number of nitrogens with one attached hydrogen (secondary N) is 1. The van der Waals surface area contributed by atoms with E-state index in [4.69, 9.17) is 0 Å². The van der Waals surface area contributed by atoms with E-state index in [2.05, 4.69) is 33.8 Å². The minimum atomic E-state index is -0.135. The Morgan fingerprint density at radius 2 is 2.14 bits per heavy atom. The number of halogens is 1. The quantitative estimate of drug-likeness (QED) is 0.239. The molecule has 1 rings (SSSR count). The van der Waals surface area contributed by atoms with Crippen LogP contribution in [0, 0.1) is 0 Å². The number of hydrogen-bond donors (Lipinski definition) is 1. The maximum absolute atomic E-state index is 11.0. The highest BCUT2D eigenvalue weighted by atomic mass is 127. The smallest absolute Gasteiger partial charge is 0.305 e. The lowest BCUT2D eigenvalue weighted by Crippen LogP contribution is -2.51. The normalized spacial score (nSPS) is 17.9. The van der Waals surface area contributed by atoms with Gasteiger partial charge in [-0.1, -0.05) is 0 Å². The van der Waals surface area contributed by atoms with Gasteiger partial charge in [-0.25, -0.2) is 0 Å². The third-order valence-electron chi connectivity index (χ3n) is 3.26. The molecule has 1 saturated heterocycles. The van der Waals surface area contributed by atoms with Gasteiger partial charge in [-0.3, -0.25) is 9.79 Å². The molecule has 0 bridgehead atoms. The first-order valence-corrected chi connectivity index (χ1v) is 8.13. The highest BCUT2D eigenvalue weighted by Gasteiger charge is 2.28. The minimum Gasteiger partial charge on any atom is -0.469 e. The number of aliphatic imine (C=N–C) groups is 1. The van der Waals surface area contributed by atoms with E-state index in [1.165, 1.54) is 7.11 Å². The van der Waals surface area contributed by atoms with E-state index in [-0.39, 0.29) is 34.7 Å². The Morgan fingerprint density at radius 1 is 1.43 bits per heavy atom. The van der Waals surface area contributed by atoms with Gasteiger partial charge in [-0.2, -0.15) is 11.8 Å². The number of guanidine groups is 1. The van der Waals surface area contributed by atoms with E-state index in [0.717, 1.165) is 44.2 Å². The van der Waals surface area contributed by atoms with Crippen molar-refractivity contribution in [3.63, 3.8) is 0 Å². The van der Waals surface area contributed by atoms with Crippen molar-refractivity contribution in [2.45, 2.75) is 37.9 Å². The van der Waals surface area contributed by atoms with Crippen LogP contribution in [0.3, 0.4) is 0 Å². The summed E-state index contributed by atoms with van der Waals surface area (Å²) in [6.45, 7) is 7.43. The van der Waals surface area contributed by atoms with Gasteiger partial charge < -0.3 is 15.0 Å². The molecule has 1 N–H and O–H groups in total. The van der Waals surface area contributed by atoms with Crippen LogP contribution in [0.4, 0.5) is 0 Å². The van der Waals surface area contributed by atoms with E-state index in [1.54, 1.807) is 0 Å². The van der Waals surface area contributed by atoms with E-state index in [0.29, 0.717) is 6.42 Å². The van der Waals surface area contributed by atoms with Crippen LogP contribution >= 0.6 is 35.7 Å². The standard InChI is InChI=1S/C14H27N3O2S.HI/c1-14(2)11-17(9-10-20-14)13(15-3)16-8-6-5-7-12(18)19-4;/h5-11H2,1-4H3,(H,15,16);1H. The van der Waals surface area contributed by atoms with Gasteiger partial charge in [0.25, 0.3) is 0 Å². The molecule has 0 aromatic carbocycles. The third-order valence-corrected chi connectivity index (χ3v) is 4.55. The fourth-order valence-corrected chi connectivity index (χ4v) is 3.34. The SMILES string of the molecule is CN=C(NCCCCC(=O)OC)N1CCSC(C)(C)C1.I. The van der Waals surface area contributed by atoms with Crippen molar-refractivity contribution in [1.82, 2.24) is 10.2 Å². The zero-order chi connectivity index (χ0) is 15.0. The maximum atomic E-state index is 11.0. The van der Waals surface area contributed by atoms with Crippen LogP contribution in [0.2, 0.25) is 0 Å². The molecule has 1 aliphatic rings.